The van der Waals surface area contributed by atoms with E-state index in [1.165, 1.54) is 0 Å². The number of fused-ring (bicyclic) bond motifs is 1. The molecular weight excluding hydrogens is 314 g/mol. The molecule has 1 N–H and O–H groups in total. The van der Waals surface area contributed by atoms with Gasteiger partial charge in [0.15, 0.2) is 9.84 Å². The van der Waals surface area contributed by atoms with Crippen LogP contribution in [0.3, 0.4) is 0 Å². The highest BCUT2D eigenvalue weighted by Gasteiger charge is 2.35. The molecule has 2 rings (SSSR count). The summed E-state index contributed by atoms with van der Waals surface area (Å²) in [6.45, 7) is 4.81. The average Bonchev–Trinajstić information content (AvgIpc) is 2.32. The summed E-state index contributed by atoms with van der Waals surface area (Å²) in [5.41, 5.74) is 0.899. The Kier molecular flexibility index (Phi) is 4.14. The lowest BCUT2D eigenvalue weighted by Crippen LogP contribution is -2.34. The van der Waals surface area contributed by atoms with Crippen molar-refractivity contribution in [2.75, 3.05) is 6.54 Å². The number of hydrogen-bond donors (Lipinski definition) is 1. The van der Waals surface area contributed by atoms with Gasteiger partial charge in [-0.3, -0.25) is 0 Å². The van der Waals surface area contributed by atoms with Gasteiger partial charge in [0, 0.05) is 10.5 Å². The molecule has 0 amide bonds. The van der Waals surface area contributed by atoms with Gasteiger partial charge in [-0.1, -0.05) is 22.9 Å². The molecule has 18 heavy (non-hydrogen) atoms. The Labute approximate surface area is 117 Å². The fraction of sp³-hybridized carbons (Fsp3) is 0.538. The zero-order chi connectivity index (χ0) is 13.3. The highest BCUT2D eigenvalue weighted by Crippen LogP contribution is 2.37. The minimum absolute atomic E-state index is 0.135. The lowest BCUT2D eigenvalue weighted by atomic mass is 10.0. The van der Waals surface area contributed by atoms with Gasteiger partial charge < -0.3 is 5.32 Å². The average molecular weight is 332 g/mol. The smallest absolute Gasteiger partial charge is 0.181 e. The van der Waals surface area contributed by atoms with E-state index in [0.29, 0.717) is 11.3 Å². The fourth-order valence-electron chi connectivity index (χ4n) is 2.36. The van der Waals surface area contributed by atoms with E-state index in [9.17, 15) is 8.42 Å². The molecule has 1 aliphatic rings. The van der Waals surface area contributed by atoms with Crippen molar-refractivity contribution in [2.24, 2.45) is 0 Å². The maximum absolute atomic E-state index is 12.3. The number of sulfone groups is 1. The second-order valence-corrected chi connectivity index (χ2v) is 8.03. The summed E-state index contributed by atoms with van der Waals surface area (Å²) in [7, 11) is -3.16. The molecule has 1 heterocycles. The first-order valence-electron chi connectivity index (χ1n) is 6.23. The van der Waals surface area contributed by atoms with E-state index in [0.717, 1.165) is 23.0 Å². The third kappa shape index (κ3) is 2.49. The lowest BCUT2D eigenvalue weighted by molar-refractivity contribution is 0.463. The predicted molar refractivity (Wildman–Crippen MR) is 76.4 cm³/mol. The molecule has 100 valence electrons. The Morgan fingerprint density at radius 3 is 2.83 bits per heavy atom. The number of benzene rings is 1. The standard InChI is InChI=1S/C13H18BrNO2S/c1-3-6-15-12-7-9(2)18(16,17)13-5-4-10(14)8-11(12)13/h4-5,8-9,12,15H,3,6-7H2,1-2H3. The third-order valence-corrected chi connectivity index (χ3v) is 6.12. The van der Waals surface area contributed by atoms with Gasteiger partial charge in [0.05, 0.1) is 10.1 Å². The van der Waals surface area contributed by atoms with E-state index in [-0.39, 0.29) is 11.3 Å². The number of nitrogens with one attached hydrogen (secondary N) is 1. The van der Waals surface area contributed by atoms with E-state index < -0.39 is 9.84 Å². The van der Waals surface area contributed by atoms with Gasteiger partial charge in [0.1, 0.15) is 0 Å². The van der Waals surface area contributed by atoms with Crippen LogP contribution in [0.25, 0.3) is 0 Å². The van der Waals surface area contributed by atoms with Crippen LogP contribution in [0.15, 0.2) is 27.6 Å². The highest BCUT2D eigenvalue weighted by molar-refractivity contribution is 9.10. The second kappa shape index (κ2) is 5.31. The summed E-state index contributed by atoms with van der Waals surface area (Å²) in [6, 6.07) is 5.57. The van der Waals surface area contributed by atoms with Crippen molar-refractivity contribution in [3.05, 3.63) is 28.2 Å². The first kappa shape index (κ1) is 14.0. The lowest BCUT2D eigenvalue weighted by Gasteiger charge is -2.30. The fourth-order valence-corrected chi connectivity index (χ4v) is 4.41. The summed E-state index contributed by atoms with van der Waals surface area (Å²) in [5.74, 6) is 0. The normalized spacial score (nSPS) is 25.7. The predicted octanol–water partition coefficient (Wildman–Crippen LogP) is 3.06. The molecule has 0 aromatic heterocycles. The van der Waals surface area contributed by atoms with Crippen LogP contribution in [0.2, 0.25) is 0 Å². The Bertz CT molecular complexity index is 542. The molecule has 5 heteroatoms. The van der Waals surface area contributed by atoms with Crippen molar-refractivity contribution in [2.45, 2.75) is 42.9 Å². The Hall–Kier alpha value is -0.390. The summed E-state index contributed by atoms with van der Waals surface area (Å²) in [4.78, 5) is 0.484. The molecule has 1 aliphatic heterocycles. The minimum atomic E-state index is -3.16. The zero-order valence-corrected chi connectivity index (χ0v) is 13.0. The van der Waals surface area contributed by atoms with Crippen molar-refractivity contribution < 1.29 is 8.42 Å². The highest BCUT2D eigenvalue weighted by atomic mass is 79.9. The van der Waals surface area contributed by atoms with Crippen LogP contribution in [0.4, 0.5) is 0 Å². The SMILES string of the molecule is CCCNC1CC(C)S(=O)(=O)c2ccc(Br)cc21. The van der Waals surface area contributed by atoms with Crippen LogP contribution < -0.4 is 5.32 Å². The molecule has 0 radical (unpaired) electrons. The van der Waals surface area contributed by atoms with Gasteiger partial charge >= 0.3 is 0 Å². The summed E-state index contributed by atoms with van der Waals surface area (Å²) >= 11 is 3.42. The van der Waals surface area contributed by atoms with E-state index in [2.05, 4.69) is 28.2 Å². The van der Waals surface area contributed by atoms with Crippen LogP contribution >= 0.6 is 15.9 Å². The molecule has 0 spiro atoms. The molecule has 2 atom stereocenters. The van der Waals surface area contributed by atoms with E-state index >= 15 is 0 Å². The molecular formula is C13H18BrNO2S. The maximum atomic E-state index is 12.3. The molecule has 0 fully saturated rings. The monoisotopic (exact) mass is 331 g/mol. The number of halogens is 1. The third-order valence-electron chi connectivity index (χ3n) is 3.39. The summed E-state index contributed by atoms with van der Waals surface area (Å²) < 4.78 is 25.5. The van der Waals surface area contributed by atoms with Gasteiger partial charge in [0.25, 0.3) is 0 Å². The van der Waals surface area contributed by atoms with Gasteiger partial charge in [-0.15, -0.1) is 0 Å². The van der Waals surface area contributed by atoms with Crippen LogP contribution in [0.1, 0.15) is 38.3 Å². The summed E-state index contributed by atoms with van der Waals surface area (Å²) in [6.07, 6.45) is 1.69. The van der Waals surface area contributed by atoms with Gasteiger partial charge in [-0.05, 0) is 50.1 Å². The quantitative estimate of drug-likeness (QED) is 0.925. The van der Waals surface area contributed by atoms with E-state index in [1.807, 2.05) is 6.07 Å². The Morgan fingerprint density at radius 2 is 2.17 bits per heavy atom. The summed E-state index contributed by atoms with van der Waals surface area (Å²) in [5, 5.41) is 3.12. The molecule has 3 nitrogen and oxygen atoms in total. The molecule has 0 saturated heterocycles. The topological polar surface area (TPSA) is 46.2 Å². The van der Waals surface area contributed by atoms with Crippen LogP contribution in [-0.4, -0.2) is 20.2 Å². The number of hydrogen-bond acceptors (Lipinski definition) is 3. The van der Waals surface area contributed by atoms with Crippen LogP contribution in [0, 0.1) is 0 Å². The molecule has 2 unspecified atom stereocenters. The Balaban J connectivity index is 2.48. The molecule has 0 saturated carbocycles. The zero-order valence-electron chi connectivity index (χ0n) is 10.6. The molecule has 1 aromatic rings. The van der Waals surface area contributed by atoms with Crippen molar-refractivity contribution in [1.82, 2.24) is 5.32 Å². The number of rotatable bonds is 3. The first-order valence-corrected chi connectivity index (χ1v) is 8.57. The molecule has 0 aliphatic carbocycles. The van der Waals surface area contributed by atoms with Crippen molar-refractivity contribution in [1.29, 1.82) is 0 Å². The minimum Gasteiger partial charge on any atom is -0.310 e. The van der Waals surface area contributed by atoms with Gasteiger partial charge in [0.2, 0.25) is 0 Å². The second-order valence-electron chi connectivity index (χ2n) is 4.78. The van der Waals surface area contributed by atoms with Crippen LogP contribution in [0.5, 0.6) is 0 Å². The van der Waals surface area contributed by atoms with Crippen molar-refractivity contribution in [3.63, 3.8) is 0 Å². The van der Waals surface area contributed by atoms with Crippen molar-refractivity contribution in [3.8, 4) is 0 Å². The first-order chi connectivity index (χ1) is 8.46. The Morgan fingerprint density at radius 1 is 1.44 bits per heavy atom. The molecule has 1 aromatic carbocycles. The van der Waals surface area contributed by atoms with E-state index in [4.69, 9.17) is 0 Å². The van der Waals surface area contributed by atoms with Crippen molar-refractivity contribution >= 4 is 25.8 Å². The van der Waals surface area contributed by atoms with Gasteiger partial charge in [-0.2, -0.15) is 0 Å². The molecule has 0 bridgehead atoms. The van der Waals surface area contributed by atoms with E-state index in [1.54, 1.807) is 19.1 Å². The largest absolute Gasteiger partial charge is 0.310 e. The maximum Gasteiger partial charge on any atom is 0.181 e. The van der Waals surface area contributed by atoms with Gasteiger partial charge in [-0.25, -0.2) is 8.42 Å². The van der Waals surface area contributed by atoms with Crippen LogP contribution in [-0.2, 0) is 9.84 Å².